The molecule has 0 aliphatic carbocycles. The summed E-state index contributed by atoms with van der Waals surface area (Å²) in [7, 11) is 0. The first-order valence-electron chi connectivity index (χ1n) is 7.85. The molecule has 0 bridgehead atoms. The van der Waals surface area contributed by atoms with Gasteiger partial charge in [-0.25, -0.2) is 4.98 Å². The number of amides is 1. The van der Waals surface area contributed by atoms with Gasteiger partial charge in [0, 0.05) is 12.5 Å². The lowest BCUT2D eigenvalue weighted by Crippen LogP contribution is -2.39. The molecule has 0 N–H and O–H groups in total. The van der Waals surface area contributed by atoms with Crippen LogP contribution >= 0.6 is 11.3 Å². The van der Waals surface area contributed by atoms with E-state index in [4.69, 9.17) is 9.72 Å². The summed E-state index contributed by atoms with van der Waals surface area (Å²) in [6.07, 6.45) is 2.23. The molecule has 1 amide bonds. The van der Waals surface area contributed by atoms with E-state index in [9.17, 15) is 4.79 Å². The Morgan fingerprint density at radius 3 is 2.95 bits per heavy atom. The first-order valence-corrected chi connectivity index (χ1v) is 8.67. The van der Waals surface area contributed by atoms with Crippen molar-refractivity contribution in [1.29, 1.82) is 0 Å². The van der Waals surface area contributed by atoms with Crippen LogP contribution in [0.25, 0.3) is 10.2 Å². The Bertz CT molecular complexity index is 674. The van der Waals surface area contributed by atoms with Gasteiger partial charge < -0.3 is 4.74 Å². The fourth-order valence-electron chi connectivity index (χ4n) is 2.76. The summed E-state index contributed by atoms with van der Waals surface area (Å²) in [5, 5.41) is 0.790. The minimum absolute atomic E-state index is 0.0467. The van der Waals surface area contributed by atoms with Crippen molar-refractivity contribution >= 4 is 32.6 Å². The lowest BCUT2D eigenvalue weighted by molar-refractivity contribution is -0.121. The van der Waals surface area contributed by atoms with Crippen molar-refractivity contribution in [3.63, 3.8) is 0 Å². The first-order chi connectivity index (χ1) is 10.6. The normalized spacial score (nSPS) is 18.3. The highest BCUT2D eigenvalue weighted by Gasteiger charge is 2.27. The Morgan fingerprint density at radius 1 is 1.50 bits per heavy atom. The van der Waals surface area contributed by atoms with Gasteiger partial charge in [0.1, 0.15) is 0 Å². The third-order valence-electron chi connectivity index (χ3n) is 4.01. The second-order valence-electron chi connectivity index (χ2n) is 6.16. The summed E-state index contributed by atoms with van der Waals surface area (Å²) in [5.74, 6) is 0.0710. The van der Waals surface area contributed by atoms with Crippen LogP contribution in [-0.4, -0.2) is 30.1 Å². The maximum atomic E-state index is 12.6. The Balaban J connectivity index is 1.95. The van der Waals surface area contributed by atoms with Crippen molar-refractivity contribution in [2.75, 3.05) is 18.1 Å². The Labute approximate surface area is 135 Å². The van der Waals surface area contributed by atoms with Crippen molar-refractivity contribution in [3.05, 3.63) is 23.8 Å². The average Bonchev–Trinajstić information content (AvgIpc) is 3.13. The molecule has 1 fully saturated rings. The number of aromatic nitrogens is 1. The standard InChI is InChI=1S/C17H22N2O2S/c1-11(2)16(20)19(10-13-7-5-9-21-13)17-18-15-12(3)6-4-8-14(15)22-17/h4,6,8,11,13H,5,7,9-10H2,1-3H3. The molecule has 1 aliphatic heterocycles. The molecule has 4 nitrogen and oxygen atoms in total. The first kappa shape index (κ1) is 15.4. The number of hydrogen-bond donors (Lipinski definition) is 0. The second kappa shape index (κ2) is 6.34. The average molecular weight is 318 g/mol. The number of fused-ring (bicyclic) bond motifs is 1. The van der Waals surface area contributed by atoms with Crippen LogP contribution in [0.1, 0.15) is 32.3 Å². The van der Waals surface area contributed by atoms with Crippen LogP contribution in [0.15, 0.2) is 18.2 Å². The minimum atomic E-state index is -0.0467. The summed E-state index contributed by atoms with van der Waals surface area (Å²) in [6.45, 7) is 7.33. The predicted octanol–water partition coefficient (Wildman–Crippen LogP) is 3.77. The molecule has 0 spiro atoms. The Morgan fingerprint density at radius 2 is 2.32 bits per heavy atom. The third kappa shape index (κ3) is 3.01. The second-order valence-corrected chi connectivity index (χ2v) is 7.17. The molecular weight excluding hydrogens is 296 g/mol. The van der Waals surface area contributed by atoms with Crippen molar-refractivity contribution in [1.82, 2.24) is 4.98 Å². The molecule has 1 aromatic carbocycles. The zero-order chi connectivity index (χ0) is 15.7. The predicted molar refractivity (Wildman–Crippen MR) is 90.5 cm³/mol. The fourth-order valence-corrected chi connectivity index (χ4v) is 3.81. The van der Waals surface area contributed by atoms with Gasteiger partial charge in [-0.2, -0.15) is 0 Å². The molecule has 3 rings (SSSR count). The molecule has 22 heavy (non-hydrogen) atoms. The van der Waals surface area contributed by atoms with Crippen LogP contribution in [-0.2, 0) is 9.53 Å². The minimum Gasteiger partial charge on any atom is -0.376 e. The van der Waals surface area contributed by atoms with Gasteiger partial charge in [0.2, 0.25) is 5.91 Å². The zero-order valence-electron chi connectivity index (χ0n) is 13.3. The van der Waals surface area contributed by atoms with E-state index in [1.807, 2.05) is 24.8 Å². The number of para-hydroxylation sites is 1. The Hall–Kier alpha value is -1.46. The summed E-state index contributed by atoms with van der Waals surface area (Å²) in [4.78, 5) is 19.2. The molecule has 1 saturated heterocycles. The summed E-state index contributed by atoms with van der Waals surface area (Å²) in [6, 6.07) is 6.16. The van der Waals surface area contributed by atoms with E-state index in [1.54, 1.807) is 11.3 Å². The van der Waals surface area contributed by atoms with Crippen LogP contribution in [0.4, 0.5) is 5.13 Å². The molecule has 1 unspecified atom stereocenters. The van der Waals surface area contributed by atoms with Gasteiger partial charge >= 0.3 is 0 Å². The van der Waals surface area contributed by atoms with E-state index in [0.717, 1.165) is 40.4 Å². The van der Waals surface area contributed by atoms with Crippen LogP contribution in [0.3, 0.4) is 0 Å². The molecular formula is C17H22N2O2S. The molecule has 2 aromatic rings. The van der Waals surface area contributed by atoms with Gasteiger partial charge in [0.15, 0.2) is 5.13 Å². The molecule has 2 heterocycles. The fraction of sp³-hybridized carbons (Fsp3) is 0.529. The van der Waals surface area contributed by atoms with Crippen molar-refractivity contribution < 1.29 is 9.53 Å². The van der Waals surface area contributed by atoms with Crippen LogP contribution in [0.5, 0.6) is 0 Å². The number of benzene rings is 1. The van der Waals surface area contributed by atoms with Gasteiger partial charge in [0.05, 0.1) is 22.9 Å². The zero-order valence-corrected chi connectivity index (χ0v) is 14.2. The van der Waals surface area contributed by atoms with Gasteiger partial charge in [-0.15, -0.1) is 0 Å². The van der Waals surface area contributed by atoms with Crippen molar-refractivity contribution in [2.24, 2.45) is 5.92 Å². The molecule has 0 radical (unpaired) electrons. The van der Waals surface area contributed by atoms with Gasteiger partial charge in [-0.1, -0.05) is 37.3 Å². The number of hydrogen-bond acceptors (Lipinski definition) is 4. The van der Waals surface area contributed by atoms with E-state index in [-0.39, 0.29) is 17.9 Å². The van der Waals surface area contributed by atoms with Gasteiger partial charge in [-0.05, 0) is 31.4 Å². The maximum Gasteiger partial charge on any atom is 0.231 e. The highest BCUT2D eigenvalue weighted by molar-refractivity contribution is 7.22. The molecule has 1 atom stereocenters. The largest absolute Gasteiger partial charge is 0.376 e. The van der Waals surface area contributed by atoms with E-state index in [2.05, 4.69) is 19.1 Å². The SMILES string of the molecule is Cc1cccc2sc(N(CC3CCCO3)C(=O)C(C)C)nc12. The van der Waals surface area contributed by atoms with Gasteiger partial charge in [-0.3, -0.25) is 9.69 Å². The molecule has 0 saturated carbocycles. The number of aryl methyl sites for hydroxylation is 1. The molecule has 5 heteroatoms. The maximum absolute atomic E-state index is 12.6. The lowest BCUT2D eigenvalue weighted by atomic mass is 10.1. The number of carbonyl (C=O) groups is 1. The smallest absolute Gasteiger partial charge is 0.231 e. The highest BCUT2D eigenvalue weighted by atomic mass is 32.1. The lowest BCUT2D eigenvalue weighted by Gasteiger charge is -2.24. The molecule has 1 aliphatic rings. The van der Waals surface area contributed by atoms with Crippen LogP contribution in [0.2, 0.25) is 0 Å². The third-order valence-corrected chi connectivity index (χ3v) is 5.05. The number of carbonyl (C=O) groups excluding carboxylic acids is 1. The van der Waals surface area contributed by atoms with Gasteiger partial charge in [0.25, 0.3) is 0 Å². The van der Waals surface area contributed by atoms with Crippen molar-refractivity contribution in [2.45, 2.75) is 39.7 Å². The molecule has 118 valence electrons. The number of anilines is 1. The number of ether oxygens (including phenoxy) is 1. The topological polar surface area (TPSA) is 42.4 Å². The van der Waals surface area contributed by atoms with Crippen molar-refractivity contribution in [3.8, 4) is 0 Å². The quantitative estimate of drug-likeness (QED) is 0.861. The Kier molecular flexibility index (Phi) is 4.45. The van der Waals surface area contributed by atoms with Crippen LogP contribution < -0.4 is 4.90 Å². The van der Waals surface area contributed by atoms with E-state index in [0.29, 0.717) is 6.54 Å². The van der Waals surface area contributed by atoms with Crippen LogP contribution in [0, 0.1) is 12.8 Å². The van der Waals surface area contributed by atoms with E-state index in [1.165, 1.54) is 0 Å². The summed E-state index contributed by atoms with van der Waals surface area (Å²) >= 11 is 1.59. The monoisotopic (exact) mass is 318 g/mol. The molecule has 1 aromatic heterocycles. The summed E-state index contributed by atoms with van der Waals surface area (Å²) in [5.41, 5.74) is 2.14. The number of nitrogens with zero attached hydrogens (tertiary/aromatic N) is 2. The number of thiazole rings is 1. The van der Waals surface area contributed by atoms with E-state index >= 15 is 0 Å². The summed E-state index contributed by atoms with van der Waals surface area (Å²) < 4.78 is 6.84. The highest BCUT2D eigenvalue weighted by Crippen LogP contribution is 2.32. The van der Waals surface area contributed by atoms with E-state index < -0.39 is 0 Å². The number of rotatable bonds is 4.